The number of hydrogen-bond acceptors (Lipinski definition) is 4. The zero-order chi connectivity index (χ0) is 22.0. The Morgan fingerprint density at radius 1 is 1.13 bits per heavy atom. The number of aryl methyl sites for hydroxylation is 2. The van der Waals surface area contributed by atoms with E-state index in [1.165, 1.54) is 0 Å². The van der Waals surface area contributed by atoms with E-state index in [2.05, 4.69) is 10.4 Å². The number of amides is 2. The number of nitrogens with zero attached hydrogens (tertiary/aromatic N) is 3. The molecule has 1 saturated heterocycles. The molecule has 4 rings (SSSR count). The number of anilines is 2. The molecule has 7 nitrogen and oxygen atoms in total. The summed E-state index contributed by atoms with van der Waals surface area (Å²) in [5.74, 6) is -0.0668. The van der Waals surface area contributed by atoms with Crippen LogP contribution in [0.2, 0.25) is 0 Å². The number of hydrogen-bond donors (Lipinski definition) is 1. The van der Waals surface area contributed by atoms with Gasteiger partial charge in [0.25, 0.3) is 0 Å². The first kappa shape index (κ1) is 20.7. The van der Waals surface area contributed by atoms with Crippen molar-refractivity contribution in [2.24, 2.45) is 5.92 Å². The summed E-state index contributed by atoms with van der Waals surface area (Å²) in [7, 11) is 0. The van der Waals surface area contributed by atoms with E-state index in [0.29, 0.717) is 30.3 Å². The van der Waals surface area contributed by atoms with Crippen LogP contribution in [0.4, 0.5) is 11.4 Å². The SMILES string of the molecule is CCOc1ccccc1N1CC(C(=O)Nc2ccccc2-n2nc(C)cc2C)CC1=O. The van der Waals surface area contributed by atoms with Crippen molar-refractivity contribution in [2.75, 3.05) is 23.4 Å². The Hall–Kier alpha value is -3.61. The van der Waals surface area contributed by atoms with Gasteiger partial charge in [-0.25, -0.2) is 4.68 Å². The molecule has 160 valence electrons. The number of rotatable bonds is 6. The Balaban J connectivity index is 1.54. The zero-order valence-electron chi connectivity index (χ0n) is 18.0. The molecule has 7 heteroatoms. The lowest BCUT2D eigenvalue weighted by Crippen LogP contribution is -2.28. The Bertz CT molecular complexity index is 1120. The minimum absolute atomic E-state index is 0.0841. The van der Waals surface area contributed by atoms with E-state index in [-0.39, 0.29) is 18.2 Å². The maximum atomic E-state index is 13.1. The van der Waals surface area contributed by atoms with Gasteiger partial charge in [-0.3, -0.25) is 9.59 Å². The van der Waals surface area contributed by atoms with E-state index in [9.17, 15) is 9.59 Å². The van der Waals surface area contributed by atoms with Crippen LogP contribution in [0.15, 0.2) is 54.6 Å². The predicted octanol–water partition coefficient (Wildman–Crippen LogP) is 3.88. The van der Waals surface area contributed by atoms with Crippen LogP contribution in [-0.2, 0) is 9.59 Å². The summed E-state index contributed by atoms with van der Waals surface area (Å²) in [5.41, 5.74) is 4.05. The van der Waals surface area contributed by atoms with Crippen molar-refractivity contribution in [3.8, 4) is 11.4 Å². The van der Waals surface area contributed by atoms with Crippen LogP contribution in [0.5, 0.6) is 5.75 Å². The molecule has 0 bridgehead atoms. The number of carbonyl (C=O) groups excluding carboxylic acids is 2. The molecule has 0 aliphatic carbocycles. The monoisotopic (exact) mass is 418 g/mol. The van der Waals surface area contributed by atoms with Crippen LogP contribution in [0.3, 0.4) is 0 Å². The van der Waals surface area contributed by atoms with Crippen LogP contribution < -0.4 is 15.0 Å². The third-order valence-electron chi connectivity index (χ3n) is 5.35. The molecular weight excluding hydrogens is 392 g/mol. The Morgan fingerprint density at radius 2 is 1.84 bits per heavy atom. The van der Waals surface area contributed by atoms with Crippen molar-refractivity contribution >= 4 is 23.2 Å². The first-order valence-corrected chi connectivity index (χ1v) is 10.4. The van der Waals surface area contributed by atoms with Crippen molar-refractivity contribution in [1.29, 1.82) is 0 Å². The first-order chi connectivity index (χ1) is 15.0. The topological polar surface area (TPSA) is 76.5 Å². The van der Waals surface area contributed by atoms with Gasteiger partial charge >= 0.3 is 0 Å². The molecule has 1 atom stereocenters. The lowest BCUT2D eigenvalue weighted by atomic mass is 10.1. The van der Waals surface area contributed by atoms with Crippen LogP contribution >= 0.6 is 0 Å². The Labute approximate surface area is 181 Å². The second kappa shape index (κ2) is 8.63. The summed E-state index contributed by atoms with van der Waals surface area (Å²) in [5, 5.41) is 7.54. The van der Waals surface area contributed by atoms with E-state index in [1.54, 1.807) is 4.90 Å². The fraction of sp³-hybridized carbons (Fsp3) is 0.292. The van der Waals surface area contributed by atoms with Crippen LogP contribution in [0, 0.1) is 19.8 Å². The highest BCUT2D eigenvalue weighted by Gasteiger charge is 2.36. The maximum Gasteiger partial charge on any atom is 0.229 e. The fourth-order valence-electron chi connectivity index (χ4n) is 3.95. The zero-order valence-corrected chi connectivity index (χ0v) is 18.0. The number of aromatic nitrogens is 2. The number of carbonyl (C=O) groups is 2. The maximum absolute atomic E-state index is 13.1. The molecule has 2 aromatic carbocycles. The molecule has 1 aromatic heterocycles. The van der Waals surface area contributed by atoms with Crippen molar-refractivity contribution in [3.63, 3.8) is 0 Å². The minimum atomic E-state index is -0.448. The highest BCUT2D eigenvalue weighted by Crippen LogP contribution is 2.33. The van der Waals surface area contributed by atoms with Gasteiger partial charge in [-0.15, -0.1) is 0 Å². The average Bonchev–Trinajstić information content (AvgIpc) is 3.30. The van der Waals surface area contributed by atoms with Crippen molar-refractivity contribution in [1.82, 2.24) is 9.78 Å². The lowest BCUT2D eigenvalue weighted by molar-refractivity contribution is -0.122. The van der Waals surface area contributed by atoms with Gasteiger partial charge < -0.3 is 15.0 Å². The van der Waals surface area contributed by atoms with Gasteiger partial charge in [0.15, 0.2) is 0 Å². The summed E-state index contributed by atoms with van der Waals surface area (Å²) >= 11 is 0. The second-order valence-corrected chi connectivity index (χ2v) is 7.65. The van der Waals surface area contributed by atoms with E-state index in [4.69, 9.17) is 4.74 Å². The third kappa shape index (κ3) is 4.17. The molecule has 31 heavy (non-hydrogen) atoms. The summed E-state index contributed by atoms with van der Waals surface area (Å²) in [6.07, 6.45) is 0.161. The summed E-state index contributed by atoms with van der Waals surface area (Å²) < 4.78 is 7.48. The average molecular weight is 418 g/mol. The second-order valence-electron chi connectivity index (χ2n) is 7.65. The summed E-state index contributed by atoms with van der Waals surface area (Å²) in [4.78, 5) is 27.4. The van der Waals surface area contributed by atoms with Gasteiger partial charge in [-0.05, 0) is 51.1 Å². The van der Waals surface area contributed by atoms with Crippen molar-refractivity contribution < 1.29 is 14.3 Å². The van der Waals surface area contributed by atoms with Crippen LogP contribution in [0.25, 0.3) is 5.69 Å². The van der Waals surface area contributed by atoms with Gasteiger partial charge in [0.05, 0.1) is 35.3 Å². The Morgan fingerprint density at radius 3 is 2.55 bits per heavy atom. The molecule has 1 N–H and O–H groups in total. The normalized spacial score (nSPS) is 15.9. The molecule has 1 aliphatic rings. The highest BCUT2D eigenvalue weighted by molar-refractivity contribution is 6.04. The summed E-state index contributed by atoms with van der Waals surface area (Å²) in [6.45, 7) is 6.63. The number of ether oxygens (including phenoxy) is 1. The number of nitrogens with one attached hydrogen (secondary N) is 1. The Kier molecular flexibility index (Phi) is 5.75. The molecule has 1 aliphatic heterocycles. The quantitative estimate of drug-likeness (QED) is 0.659. The molecule has 0 spiro atoms. The van der Waals surface area contributed by atoms with Gasteiger partial charge in [-0.2, -0.15) is 5.10 Å². The largest absolute Gasteiger partial charge is 0.492 e. The lowest BCUT2D eigenvalue weighted by Gasteiger charge is -2.20. The summed E-state index contributed by atoms with van der Waals surface area (Å²) in [6, 6.07) is 17.0. The molecule has 3 aromatic rings. The van der Waals surface area contributed by atoms with Gasteiger partial charge in [-0.1, -0.05) is 24.3 Å². The van der Waals surface area contributed by atoms with E-state index < -0.39 is 5.92 Å². The van der Waals surface area contributed by atoms with E-state index in [0.717, 1.165) is 17.1 Å². The van der Waals surface area contributed by atoms with E-state index in [1.807, 2.05) is 80.1 Å². The van der Waals surface area contributed by atoms with Crippen molar-refractivity contribution in [2.45, 2.75) is 27.2 Å². The molecule has 2 heterocycles. The molecule has 1 fully saturated rings. The number of para-hydroxylation sites is 4. The first-order valence-electron chi connectivity index (χ1n) is 10.4. The molecule has 1 unspecified atom stereocenters. The van der Waals surface area contributed by atoms with E-state index >= 15 is 0 Å². The van der Waals surface area contributed by atoms with Gasteiger partial charge in [0.2, 0.25) is 11.8 Å². The highest BCUT2D eigenvalue weighted by atomic mass is 16.5. The molecular formula is C24H26N4O3. The number of benzene rings is 2. The van der Waals surface area contributed by atoms with Crippen LogP contribution in [-0.4, -0.2) is 34.7 Å². The van der Waals surface area contributed by atoms with Gasteiger partial charge in [0, 0.05) is 18.7 Å². The minimum Gasteiger partial charge on any atom is -0.492 e. The molecule has 2 amide bonds. The molecule has 0 saturated carbocycles. The predicted molar refractivity (Wildman–Crippen MR) is 120 cm³/mol. The fourth-order valence-corrected chi connectivity index (χ4v) is 3.95. The van der Waals surface area contributed by atoms with Gasteiger partial charge in [0.1, 0.15) is 5.75 Å². The molecule has 0 radical (unpaired) electrons. The van der Waals surface area contributed by atoms with Crippen molar-refractivity contribution in [3.05, 3.63) is 66.0 Å². The standard InChI is InChI=1S/C24H26N4O3/c1-4-31-22-12-8-7-11-21(22)27-15-18(14-23(27)29)24(30)25-19-9-5-6-10-20(19)28-17(3)13-16(2)26-28/h5-13,18H,4,14-15H2,1-3H3,(H,25,30). The smallest absolute Gasteiger partial charge is 0.229 e. The van der Waals surface area contributed by atoms with Crippen LogP contribution in [0.1, 0.15) is 24.7 Å². The third-order valence-corrected chi connectivity index (χ3v) is 5.35.